The molecular formula is C19H22N4O. The summed E-state index contributed by atoms with van der Waals surface area (Å²) in [5.41, 5.74) is 4.30. The fourth-order valence-corrected chi connectivity index (χ4v) is 3.37. The van der Waals surface area contributed by atoms with Crippen LogP contribution >= 0.6 is 0 Å². The summed E-state index contributed by atoms with van der Waals surface area (Å²) < 4.78 is 2.08. The van der Waals surface area contributed by atoms with Crippen LogP contribution in [0.3, 0.4) is 0 Å². The Balaban J connectivity index is 1.65. The molecule has 4 rings (SSSR count). The zero-order valence-corrected chi connectivity index (χ0v) is 13.8. The second-order valence-electron chi connectivity index (χ2n) is 6.63. The number of hydrogen-bond donors (Lipinski definition) is 2. The number of hydrogen-bond acceptors (Lipinski definition) is 4. The summed E-state index contributed by atoms with van der Waals surface area (Å²) in [6.45, 7) is 2.09. The summed E-state index contributed by atoms with van der Waals surface area (Å²) in [4.78, 5) is 9.07. The van der Waals surface area contributed by atoms with Crippen LogP contribution in [0.5, 0.6) is 0 Å². The first-order valence-corrected chi connectivity index (χ1v) is 8.54. The highest BCUT2D eigenvalue weighted by molar-refractivity contribution is 5.70. The number of aromatic nitrogens is 3. The summed E-state index contributed by atoms with van der Waals surface area (Å²) in [5.74, 6) is 0.817. The average Bonchev–Trinajstić information content (AvgIpc) is 3.03. The Labute approximate surface area is 141 Å². The summed E-state index contributed by atoms with van der Waals surface area (Å²) in [7, 11) is 0. The number of aliphatic hydroxyl groups is 1. The summed E-state index contributed by atoms with van der Waals surface area (Å²) >= 11 is 0. The maximum Gasteiger partial charge on any atom is 0.180 e. The Kier molecular flexibility index (Phi) is 3.94. The van der Waals surface area contributed by atoms with Gasteiger partial charge in [-0.05, 0) is 32.6 Å². The van der Waals surface area contributed by atoms with Gasteiger partial charge in [-0.25, -0.2) is 9.97 Å². The molecule has 2 aromatic heterocycles. The third-order valence-electron chi connectivity index (χ3n) is 4.81. The van der Waals surface area contributed by atoms with Crippen LogP contribution in [0.1, 0.15) is 31.2 Å². The van der Waals surface area contributed by atoms with Gasteiger partial charge in [0.05, 0.1) is 18.0 Å². The Morgan fingerprint density at radius 3 is 2.58 bits per heavy atom. The topological polar surface area (TPSA) is 62.5 Å². The van der Waals surface area contributed by atoms with Crippen molar-refractivity contribution in [3.63, 3.8) is 0 Å². The predicted octanol–water partition coefficient (Wildman–Crippen LogP) is 3.42. The van der Waals surface area contributed by atoms with E-state index in [4.69, 9.17) is 0 Å². The third kappa shape index (κ3) is 2.87. The van der Waals surface area contributed by atoms with E-state index < -0.39 is 0 Å². The molecule has 0 aliphatic heterocycles. The van der Waals surface area contributed by atoms with Gasteiger partial charge in [0.25, 0.3) is 0 Å². The molecule has 2 N–H and O–H groups in total. The summed E-state index contributed by atoms with van der Waals surface area (Å²) in [5, 5.41) is 13.2. The van der Waals surface area contributed by atoms with Gasteiger partial charge in [-0.2, -0.15) is 0 Å². The summed E-state index contributed by atoms with van der Waals surface area (Å²) in [6, 6.07) is 8.82. The van der Waals surface area contributed by atoms with E-state index >= 15 is 0 Å². The van der Waals surface area contributed by atoms with Crippen molar-refractivity contribution in [2.45, 2.75) is 44.8 Å². The van der Waals surface area contributed by atoms with E-state index in [1.54, 1.807) is 0 Å². The van der Waals surface area contributed by atoms with Crippen molar-refractivity contribution in [2.75, 3.05) is 5.32 Å². The largest absolute Gasteiger partial charge is 0.393 e. The lowest BCUT2D eigenvalue weighted by Crippen LogP contribution is -2.28. The van der Waals surface area contributed by atoms with Crippen molar-refractivity contribution in [3.05, 3.63) is 48.4 Å². The normalized spacial score (nSPS) is 21.1. The van der Waals surface area contributed by atoms with E-state index in [0.29, 0.717) is 6.04 Å². The lowest BCUT2D eigenvalue weighted by molar-refractivity contribution is 0.126. The van der Waals surface area contributed by atoms with Gasteiger partial charge < -0.3 is 10.4 Å². The van der Waals surface area contributed by atoms with Crippen LogP contribution in [0.25, 0.3) is 16.9 Å². The molecule has 5 heteroatoms. The number of anilines is 1. The van der Waals surface area contributed by atoms with Gasteiger partial charge in [-0.15, -0.1) is 0 Å². The molecule has 0 radical (unpaired) electrons. The van der Waals surface area contributed by atoms with E-state index in [2.05, 4.69) is 50.9 Å². The maximum atomic E-state index is 9.65. The molecule has 0 bridgehead atoms. The van der Waals surface area contributed by atoms with Crippen molar-refractivity contribution >= 4 is 11.5 Å². The monoisotopic (exact) mass is 322 g/mol. The minimum absolute atomic E-state index is 0.147. The van der Waals surface area contributed by atoms with Crippen LogP contribution in [0, 0.1) is 6.92 Å². The molecule has 2 heterocycles. The molecule has 1 saturated carbocycles. The molecule has 0 unspecified atom stereocenters. The molecule has 1 fully saturated rings. The Hall–Kier alpha value is -2.40. The highest BCUT2D eigenvalue weighted by Crippen LogP contribution is 2.26. The van der Waals surface area contributed by atoms with Crippen molar-refractivity contribution < 1.29 is 5.11 Å². The predicted molar refractivity (Wildman–Crippen MR) is 95.0 cm³/mol. The van der Waals surface area contributed by atoms with Gasteiger partial charge in [-0.1, -0.05) is 29.8 Å². The Bertz CT molecular complexity index is 832. The van der Waals surface area contributed by atoms with Crippen molar-refractivity contribution in [2.24, 2.45) is 0 Å². The lowest BCUT2D eigenvalue weighted by Gasteiger charge is -2.26. The number of rotatable bonds is 3. The van der Waals surface area contributed by atoms with E-state index in [-0.39, 0.29) is 6.10 Å². The quantitative estimate of drug-likeness (QED) is 0.775. The van der Waals surface area contributed by atoms with E-state index in [9.17, 15) is 5.11 Å². The molecule has 0 amide bonds. The molecule has 124 valence electrons. The summed E-state index contributed by atoms with van der Waals surface area (Å²) in [6.07, 6.45) is 9.15. The first kappa shape index (κ1) is 15.1. The van der Waals surface area contributed by atoms with E-state index in [1.807, 2.05) is 18.6 Å². The molecule has 0 atom stereocenters. The number of imidazole rings is 1. The van der Waals surface area contributed by atoms with Crippen molar-refractivity contribution in [3.8, 4) is 11.3 Å². The van der Waals surface area contributed by atoms with Crippen LogP contribution < -0.4 is 5.32 Å². The van der Waals surface area contributed by atoms with Gasteiger partial charge in [0, 0.05) is 24.0 Å². The molecule has 5 nitrogen and oxygen atoms in total. The van der Waals surface area contributed by atoms with Gasteiger partial charge in [-0.3, -0.25) is 4.40 Å². The van der Waals surface area contributed by atoms with Crippen molar-refractivity contribution in [1.82, 2.24) is 14.4 Å². The highest BCUT2D eigenvalue weighted by Gasteiger charge is 2.20. The third-order valence-corrected chi connectivity index (χ3v) is 4.81. The first-order valence-electron chi connectivity index (χ1n) is 8.54. The first-order chi connectivity index (χ1) is 11.7. The smallest absolute Gasteiger partial charge is 0.180 e. The van der Waals surface area contributed by atoms with Gasteiger partial charge >= 0.3 is 0 Å². The fraction of sp³-hybridized carbons (Fsp3) is 0.368. The SMILES string of the molecule is Cc1ccc(-c2cnc3c(NC4CCC(O)CC4)nccn23)cc1. The van der Waals surface area contributed by atoms with Crippen LogP contribution in [-0.4, -0.2) is 31.6 Å². The zero-order chi connectivity index (χ0) is 16.5. The molecule has 1 aliphatic rings. The standard InChI is InChI=1S/C19H22N4O/c1-13-2-4-14(5-3-13)17-12-21-19-18(20-10-11-23(17)19)22-15-6-8-16(24)9-7-15/h2-5,10-12,15-16,24H,6-9H2,1H3,(H,20,22). The highest BCUT2D eigenvalue weighted by atomic mass is 16.3. The fourth-order valence-electron chi connectivity index (χ4n) is 3.37. The van der Waals surface area contributed by atoms with Crippen LogP contribution in [-0.2, 0) is 0 Å². The molecule has 0 saturated heterocycles. The van der Waals surface area contributed by atoms with Gasteiger partial charge in [0.15, 0.2) is 11.5 Å². The van der Waals surface area contributed by atoms with Gasteiger partial charge in [0.2, 0.25) is 0 Å². The number of nitrogens with zero attached hydrogens (tertiary/aromatic N) is 3. The second-order valence-corrected chi connectivity index (χ2v) is 6.63. The molecule has 3 aromatic rings. The minimum Gasteiger partial charge on any atom is -0.393 e. The Morgan fingerprint density at radius 2 is 1.83 bits per heavy atom. The second kappa shape index (κ2) is 6.24. The molecule has 1 aromatic carbocycles. The number of nitrogens with one attached hydrogen (secondary N) is 1. The number of aliphatic hydroxyl groups excluding tert-OH is 1. The van der Waals surface area contributed by atoms with Crippen LogP contribution in [0.2, 0.25) is 0 Å². The Morgan fingerprint density at radius 1 is 1.08 bits per heavy atom. The number of aryl methyl sites for hydroxylation is 1. The molecular weight excluding hydrogens is 300 g/mol. The van der Waals surface area contributed by atoms with Crippen LogP contribution in [0.15, 0.2) is 42.9 Å². The molecule has 1 aliphatic carbocycles. The number of benzene rings is 1. The van der Waals surface area contributed by atoms with Crippen molar-refractivity contribution in [1.29, 1.82) is 0 Å². The minimum atomic E-state index is -0.147. The molecule has 0 spiro atoms. The average molecular weight is 322 g/mol. The maximum absolute atomic E-state index is 9.65. The number of fused-ring (bicyclic) bond motifs is 1. The van der Waals surface area contributed by atoms with Gasteiger partial charge in [0.1, 0.15) is 0 Å². The van der Waals surface area contributed by atoms with Crippen LogP contribution in [0.4, 0.5) is 5.82 Å². The van der Waals surface area contributed by atoms with E-state index in [1.165, 1.54) is 5.56 Å². The van der Waals surface area contributed by atoms with E-state index in [0.717, 1.165) is 48.4 Å². The lowest BCUT2D eigenvalue weighted by atomic mass is 9.93. The zero-order valence-electron chi connectivity index (χ0n) is 13.8. The molecule has 24 heavy (non-hydrogen) atoms.